The average Bonchev–Trinajstić information content (AvgIpc) is 1.53. The first kappa shape index (κ1) is 54.7. The molecule has 0 spiro atoms. The van der Waals surface area contributed by atoms with Gasteiger partial charge < -0.3 is 37.4 Å². The molecule has 0 amide bonds. The summed E-state index contributed by atoms with van der Waals surface area (Å²) in [4.78, 5) is 48.5. The number of carbonyl (C=O) groups is 2. The van der Waals surface area contributed by atoms with Crippen molar-refractivity contribution in [3.05, 3.63) is 271 Å². The molecule has 3 atom stereocenters. The normalized spacial score (nSPS) is 14.7. The first-order valence-electron chi connectivity index (χ1n) is 25.8. The van der Waals surface area contributed by atoms with E-state index >= 15 is 9.13 Å². The van der Waals surface area contributed by atoms with E-state index in [-0.39, 0.29) is 52.8 Å². The molecule has 11 rings (SSSR count). The molecule has 1 aliphatic heterocycles. The minimum atomic E-state index is -4.02. The highest BCUT2D eigenvalue weighted by Gasteiger charge is 2.41. The van der Waals surface area contributed by atoms with Crippen molar-refractivity contribution < 1.29 is 65.9 Å². The van der Waals surface area contributed by atoms with Crippen LogP contribution in [0.4, 0.5) is 0 Å². The van der Waals surface area contributed by atoms with Crippen LogP contribution in [0, 0.1) is 0 Å². The molecule has 0 fully saturated rings. The Morgan fingerprint density at radius 1 is 0.439 bits per heavy atom. The standard InChI is InChI=1S/C65H49O14P3/c1-2-71-76-61-43-38-53(44-63(61)81(69)62-25-15-13-23-59(62)58-22-12-14-24-60(58)79-81)74-65(67)48-28-41-56(42-29-48)80(68,54-18-8-4-9-19-54)55-39-26-46(27-40-55)45-72-75-50-32-36-52(37-33-50)78-82(70,57-20-10-5-11-21-57)77-51-34-30-49(31-35-51)73-64(66)47-16-6-3-7-17-47/h3-44H,2,45H2,1H3. The van der Waals surface area contributed by atoms with Gasteiger partial charge in [-0.25, -0.2) is 14.2 Å². The fourth-order valence-electron chi connectivity index (χ4n) is 8.98. The highest BCUT2D eigenvalue weighted by Crippen LogP contribution is 2.56. The summed E-state index contributed by atoms with van der Waals surface area (Å²) in [5.74, 6) is 0.494. The summed E-state index contributed by atoms with van der Waals surface area (Å²) in [5.41, 5.74) is 2.83. The van der Waals surface area contributed by atoms with Gasteiger partial charge in [-0.3, -0.25) is 4.57 Å². The van der Waals surface area contributed by atoms with Gasteiger partial charge in [0, 0.05) is 21.5 Å². The lowest BCUT2D eigenvalue weighted by molar-refractivity contribution is -0.217. The van der Waals surface area contributed by atoms with Crippen LogP contribution in [-0.2, 0) is 30.1 Å². The van der Waals surface area contributed by atoms with Crippen LogP contribution in [0.25, 0.3) is 11.1 Å². The third-order valence-corrected chi connectivity index (χ3v) is 20.4. The van der Waals surface area contributed by atoms with Gasteiger partial charge in [-0.1, -0.05) is 140 Å². The van der Waals surface area contributed by atoms with Gasteiger partial charge in [0.1, 0.15) is 40.7 Å². The van der Waals surface area contributed by atoms with Crippen molar-refractivity contribution in [1.29, 1.82) is 0 Å². The molecule has 0 saturated heterocycles. The van der Waals surface area contributed by atoms with Gasteiger partial charge in [-0.15, -0.1) is 0 Å². The molecule has 3 unspecified atom stereocenters. The van der Waals surface area contributed by atoms with Crippen molar-refractivity contribution in [3.8, 4) is 51.4 Å². The first-order valence-corrected chi connectivity index (χ1v) is 30.7. The number of hydrogen-bond acceptors (Lipinski definition) is 14. The number of rotatable bonds is 20. The van der Waals surface area contributed by atoms with Crippen LogP contribution in [0.15, 0.2) is 255 Å². The summed E-state index contributed by atoms with van der Waals surface area (Å²) < 4.78 is 74.9. The summed E-state index contributed by atoms with van der Waals surface area (Å²) >= 11 is 0. The predicted octanol–water partition coefficient (Wildman–Crippen LogP) is 12.9. The van der Waals surface area contributed by atoms with Gasteiger partial charge in [-0.05, 0) is 133 Å². The first-order chi connectivity index (χ1) is 40.0. The van der Waals surface area contributed by atoms with E-state index in [9.17, 15) is 14.2 Å². The highest BCUT2D eigenvalue weighted by atomic mass is 31.2. The Balaban J connectivity index is 0.745. The molecule has 10 aromatic carbocycles. The van der Waals surface area contributed by atoms with Crippen molar-refractivity contribution in [3.63, 3.8) is 0 Å². The Hall–Kier alpha value is -9.25. The molecule has 0 saturated carbocycles. The summed E-state index contributed by atoms with van der Waals surface area (Å²) in [6, 6.07) is 71.4. The average molecular weight is 1150 g/mol. The molecule has 1 aliphatic rings. The summed E-state index contributed by atoms with van der Waals surface area (Å²) in [6.07, 6.45) is 0. The Morgan fingerprint density at radius 2 is 0.927 bits per heavy atom. The van der Waals surface area contributed by atoms with Gasteiger partial charge in [0.2, 0.25) is 0 Å². The van der Waals surface area contributed by atoms with Crippen LogP contribution in [0.2, 0.25) is 0 Å². The topological polar surface area (TPSA) is 168 Å². The highest BCUT2D eigenvalue weighted by molar-refractivity contribution is 7.85. The summed E-state index contributed by atoms with van der Waals surface area (Å²) in [7, 11) is -11.4. The van der Waals surface area contributed by atoms with Crippen LogP contribution in [0.1, 0.15) is 33.2 Å². The molecule has 0 N–H and O–H groups in total. The SMILES string of the molecule is CCOOc1ccc(OC(=O)c2ccc(P(=O)(c3ccccc3)c3ccc(COOc4ccc(OP(=O)(Oc5ccc(OC(=O)c6ccccc6)cc5)c5ccccc5)cc4)cc3)cc2)cc1P1(=O)Oc2ccccc2-c2ccccc21. The molecule has 82 heavy (non-hydrogen) atoms. The second-order valence-electron chi connectivity index (χ2n) is 18.4. The molecule has 0 aromatic heterocycles. The monoisotopic (exact) mass is 1150 g/mol. The molecule has 408 valence electrons. The third-order valence-electron chi connectivity index (χ3n) is 13.0. The zero-order valence-corrected chi connectivity index (χ0v) is 46.4. The van der Waals surface area contributed by atoms with Crippen molar-refractivity contribution >= 4 is 65.9 Å². The second kappa shape index (κ2) is 24.2. The number of benzene rings is 10. The zero-order valence-electron chi connectivity index (χ0n) is 43.7. The zero-order chi connectivity index (χ0) is 56.5. The number of para-hydroxylation sites is 1. The minimum Gasteiger partial charge on any atom is -0.436 e. The Labute approximate surface area is 472 Å². The van der Waals surface area contributed by atoms with E-state index < -0.39 is 34.0 Å². The van der Waals surface area contributed by atoms with Crippen LogP contribution >= 0.6 is 22.1 Å². The van der Waals surface area contributed by atoms with Crippen LogP contribution in [0.3, 0.4) is 0 Å². The molecule has 10 aromatic rings. The number of ether oxygens (including phenoxy) is 2. The Morgan fingerprint density at radius 3 is 1.56 bits per heavy atom. The lowest BCUT2D eigenvalue weighted by Crippen LogP contribution is -2.27. The van der Waals surface area contributed by atoms with E-state index in [1.165, 1.54) is 42.5 Å². The number of carbonyl (C=O) groups excluding carboxylic acids is 2. The molecule has 0 bridgehead atoms. The van der Waals surface area contributed by atoms with E-state index in [1.807, 2.05) is 42.5 Å². The largest absolute Gasteiger partial charge is 0.462 e. The Kier molecular flexibility index (Phi) is 16.2. The molecular formula is C65H49O14P3. The lowest BCUT2D eigenvalue weighted by atomic mass is 10.0. The smallest absolute Gasteiger partial charge is 0.436 e. The van der Waals surface area contributed by atoms with E-state index in [0.29, 0.717) is 43.6 Å². The predicted molar refractivity (Wildman–Crippen MR) is 314 cm³/mol. The Bertz CT molecular complexity index is 4030. The van der Waals surface area contributed by atoms with Gasteiger partial charge in [0.05, 0.1) is 28.3 Å². The second-order valence-corrected chi connectivity index (χ2v) is 25.3. The van der Waals surface area contributed by atoms with Gasteiger partial charge in [0.25, 0.3) is 0 Å². The van der Waals surface area contributed by atoms with Gasteiger partial charge in [0.15, 0.2) is 18.6 Å². The summed E-state index contributed by atoms with van der Waals surface area (Å²) in [5, 5.41) is 2.51. The van der Waals surface area contributed by atoms with E-state index in [1.54, 1.807) is 177 Å². The van der Waals surface area contributed by atoms with Crippen molar-refractivity contribution in [2.24, 2.45) is 0 Å². The van der Waals surface area contributed by atoms with E-state index in [0.717, 1.165) is 16.7 Å². The summed E-state index contributed by atoms with van der Waals surface area (Å²) in [6.45, 7) is 1.99. The van der Waals surface area contributed by atoms with Gasteiger partial charge >= 0.3 is 26.9 Å². The molecule has 0 radical (unpaired) electrons. The quantitative estimate of drug-likeness (QED) is 0.0232. The minimum absolute atomic E-state index is 0.0296. The van der Waals surface area contributed by atoms with Crippen LogP contribution < -0.4 is 64.6 Å². The van der Waals surface area contributed by atoms with Gasteiger partial charge in [-0.2, -0.15) is 9.78 Å². The van der Waals surface area contributed by atoms with Crippen molar-refractivity contribution in [1.82, 2.24) is 0 Å². The fourth-order valence-corrected chi connectivity index (χ4v) is 15.6. The lowest BCUT2D eigenvalue weighted by Gasteiger charge is -2.29. The van der Waals surface area contributed by atoms with Crippen LogP contribution in [-0.4, -0.2) is 18.5 Å². The number of fused-ring (bicyclic) bond motifs is 3. The molecule has 0 aliphatic carbocycles. The number of esters is 2. The van der Waals surface area contributed by atoms with Crippen molar-refractivity contribution in [2.45, 2.75) is 13.5 Å². The van der Waals surface area contributed by atoms with Crippen LogP contribution in [0.5, 0.6) is 40.2 Å². The third kappa shape index (κ3) is 11.8. The molecule has 1 heterocycles. The maximum atomic E-state index is 15.5. The van der Waals surface area contributed by atoms with E-state index in [2.05, 4.69) is 0 Å². The fraction of sp³-hybridized carbons (Fsp3) is 0.0462. The molecule has 14 nitrogen and oxygen atoms in total. The maximum absolute atomic E-state index is 15.5. The maximum Gasteiger partial charge on any atom is 0.462 e. The van der Waals surface area contributed by atoms with E-state index in [4.69, 9.17) is 42.6 Å². The number of hydrogen-bond donors (Lipinski definition) is 0. The molecular weight excluding hydrogens is 1100 g/mol. The molecule has 17 heteroatoms. The van der Waals surface area contributed by atoms with Crippen molar-refractivity contribution in [2.75, 3.05) is 6.61 Å².